The molecule has 2 aromatic carbocycles. The summed E-state index contributed by atoms with van der Waals surface area (Å²) in [6.07, 6.45) is 11.7. The monoisotopic (exact) mass is 406 g/mol. The number of rotatable bonds is 1. The molecule has 0 atom stereocenters. The molecule has 0 saturated carbocycles. The normalized spacial score (nSPS) is 19.6. The van der Waals surface area contributed by atoms with Gasteiger partial charge in [-0.25, -0.2) is 18.6 Å². The molecular formula is C20H19ClO5S. The molecule has 1 heterocycles. The first kappa shape index (κ1) is 19.9. The summed E-state index contributed by atoms with van der Waals surface area (Å²) in [6.45, 7) is 0. The summed E-state index contributed by atoms with van der Waals surface area (Å²) in [7, 11) is -4.94. The first-order valence-electron chi connectivity index (χ1n) is 8.49. The third-order valence-corrected chi connectivity index (χ3v) is 6.50. The van der Waals surface area contributed by atoms with Gasteiger partial charge in [0.05, 0.1) is 0 Å². The lowest BCUT2D eigenvalue weighted by molar-refractivity contribution is -2.00. The molecule has 0 fully saturated rings. The highest BCUT2D eigenvalue weighted by molar-refractivity contribution is 8.00. The highest BCUT2D eigenvalue weighted by Gasteiger charge is 2.39. The Labute approximate surface area is 163 Å². The Morgan fingerprint density at radius 3 is 1.85 bits per heavy atom. The highest BCUT2D eigenvalue weighted by atomic mass is 35.7. The number of hydrogen-bond donors (Lipinski definition) is 0. The summed E-state index contributed by atoms with van der Waals surface area (Å²) in [4.78, 5) is 4.22. The van der Waals surface area contributed by atoms with Crippen molar-refractivity contribution in [1.29, 1.82) is 0 Å². The van der Waals surface area contributed by atoms with Crippen LogP contribution < -0.4 is 23.4 Å². The van der Waals surface area contributed by atoms with E-state index in [4.69, 9.17) is 23.4 Å². The SMILES string of the molecule is C1=C\CC/C([S+]2c3ccccc3Oc3ccccc32)=C\CC/1.[O-][Cl+3]([O-])([O-])[O-]. The van der Waals surface area contributed by atoms with Gasteiger partial charge in [-0.15, -0.1) is 10.2 Å². The van der Waals surface area contributed by atoms with Crippen LogP contribution in [-0.4, -0.2) is 0 Å². The quantitative estimate of drug-likeness (QED) is 0.521. The Morgan fingerprint density at radius 2 is 1.26 bits per heavy atom. The highest BCUT2D eigenvalue weighted by Crippen LogP contribution is 2.47. The molecule has 1 aliphatic heterocycles. The van der Waals surface area contributed by atoms with E-state index in [1.54, 1.807) is 4.91 Å². The van der Waals surface area contributed by atoms with E-state index >= 15 is 0 Å². The van der Waals surface area contributed by atoms with E-state index in [0.29, 0.717) is 0 Å². The molecule has 0 spiro atoms. The van der Waals surface area contributed by atoms with Crippen LogP contribution in [0.25, 0.3) is 0 Å². The van der Waals surface area contributed by atoms with Gasteiger partial charge in [0.25, 0.3) is 0 Å². The average molecular weight is 407 g/mol. The second-order valence-electron chi connectivity index (χ2n) is 5.94. The summed E-state index contributed by atoms with van der Waals surface area (Å²) >= 11 is 0. The van der Waals surface area contributed by atoms with Crippen molar-refractivity contribution in [1.82, 2.24) is 0 Å². The molecule has 0 bridgehead atoms. The van der Waals surface area contributed by atoms with E-state index in [1.165, 1.54) is 9.79 Å². The third-order valence-electron chi connectivity index (χ3n) is 4.05. The molecule has 0 aromatic heterocycles. The predicted octanol–water partition coefficient (Wildman–Crippen LogP) is 1.09. The van der Waals surface area contributed by atoms with Gasteiger partial charge in [0, 0.05) is 6.42 Å². The van der Waals surface area contributed by atoms with Gasteiger partial charge >= 0.3 is 0 Å². The number of para-hydroxylation sites is 2. The lowest BCUT2D eigenvalue weighted by Gasteiger charge is -2.21. The van der Waals surface area contributed by atoms with Crippen LogP contribution in [0.5, 0.6) is 11.5 Å². The Hall–Kier alpha value is -1.80. The Bertz CT molecular complexity index is 793. The topological polar surface area (TPSA) is 101 Å². The van der Waals surface area contributed by atoms with Gasteiger partial charge in [-0.05, 0) is 49.6 Å². The molecule has 5 nitrogen and oxygen atoms in total. The van der Waals surface area contributed by atoms with Crippen molar-refractivity contribution in [2.75, 3.05) is 0 Å². The van der Waals surface area contributed by atoms with E-state index in [9.17, 15) is 0 Å². The molecule has 4 rings (SSSR count). The van der Waals surface area contributed by atoms with Gasteiger partial charge in [-0.1, -0.05) is 36.4 Å². The van der Waals surface area contributed by atoms with Crippen LogP contribution in [0.15, 0.2) is 81.5 Å². The smallest absolute Gasteiger partial charge is 0.208 e. The van der Waals surface area contributed by atoms with E-state index in [1.807, 2.05) is 0 Å². The maximum absolute atomic E-state index is 8.49. The average Bonchev–Trinajstić information content (AvgIpc) is 2.59. The first-order chi connectivity index (χ1) is 12.9. The van der Waals surface area contributed by atoms with Gasteiger partial charge in [0.15, 0.2) is 11.5 Å². The van der Waals surface area contributed by atoms with Gasteiger partial charge in [0.2, 0.25) is 9.79 Å². The number of hydrogen-bond acceptors (Lipinski definition) is 5. The molecule has 0 unspecified atom stereocenters. The first-order valence-corrected chi connectivity index (χ1v) is 11.0. The number of fused-ring (bicyclic) bond motifs is 2. The van der Waals surface area contributed by atoms with Crippen molar-refractivity contribution in [3.05, 3.63) is 71.7 Å². The number of benzene rings is 2. The van der Waals surface area contributed by atoms with Crippen molar-refractivity contribution >= 4 is 10.9 Å². The molecule has 1 aliphatic carbocycles. The molecule has 2 aliphatic rings. The fourth-order valence-corrected chi connectivity index (χ4v) is 5.47. The fraction of sp³-hybridized carbons (Fsp3) is 0.200. The van der Waals surface area contributed by atoms with Crippen LogP contribution in [0.2, 0.25) is 0 Å². The van der Waals surface area contributed by atoms with Crippen LogP contribution in [0.3, 0.4) is 0 Å². The minimum absolute atomic E-state index is 0.00242. The number of ether oxygens (including phenoxy) is 1. The van der Waals surface area contributed by atoms with Crippen LogP contribution in [-0.2, 0) is 10.9 Å². The zero-order valence-corrected chi connectivity index (χ0v) is 16.1. The van der Waals surface area contributed by atoms with Gasteiger partial charge < -0.3 is 4.74 Å². The molecule has 0 amide bonds. The van der Waals surface area contributed by atoms with Crippen molar-refractivity contribution in [2.24, 2.45) is 0 Å². The number of halogens is 1. The van der Waals surface area contributed by atoms with E-state index in [0.717, 1.165) is 37.2 Å². The molecule has 2 aromatic rings. The maximum atomic E-state index is 8.49. The largest absolute Gasteiger partial charge is 0.447 e. The van der Waals surface area contributed by atoms with Crippen LogP contribution >= 0.6 is 0 Å². The summed E-state index contributed by atoms with van der Waals surface area (Å²) in [5, 5.41) is 0. The lowest BCUT2D eigenvalue weighted by atomic mass is 10.1. The van der Waals surface area contributed by atoms with Crippen LogP contribution in [0, 0.1) is 10.2 Å². The predicted molar refractivity (Wildman–Crippen MR) is 92.5 cm³/mol. The minimum Gasteiger partial charge on any atom is -0.447 e. The van der Waals surface area contributed by atoms with Gasteiger partial charge in [-0.3, -0.25) is 0 Å². The summed E-state index contributed by atoms with van der Waals surface area (Å²) in [5.74, 6) is 2.03. The molecule has 0 N–H and O–H groups in total. The number of allylic oxidation sites excluding steroid dienone is 4. The molecule has 142 valence electrons. The zero-order valence-electron chi connectivity index (χ0n) is 14.5. The van der Waals surface area contributed by atoms with E-state index in [2.05, 4.69) is 66.8 Å². The molecule has 0 radical (unpaired) electrons. The lowest BCUT2D eigenvalue weighted by Crippen LogP contribution is -2.68. The Balaban J connectivity index is 0.000000376. The van der Waals surface area contributed by atoms with Crippen LogP contribution in [0.1, 0.15) is 25.7 Å². The summed E-state index contributed by atoms with van der Waals surface area (Å²) in [5.41, 5.74) is 0. The van der Waals surface area contributed by atoms with Crippen molar-refractivity contribution < 1.29 is 33.6 Å². The summed E-state index contributed by atoms with van der Waals surface area (Å²) < 4.78 is 40.1. The molecular weight excluding hydrogens is 388 g/mol. The van der Waals surface area contributed by atoms with Crippen molar-refractivity contribution in [3.63, 3.8) is 0 Å². The van der Waals surface area contributed by atoms with Gasteiger partial charge in [-0.2, -0.15) is 0 Å². The third kappa shape index (κ3) is 5.59. The second-order valence-corrected chi connectivity index (χ2v) is 8.71. The van der Waals surface area contributed by atoms with Crippen LogP contribution in [0.4, 0.5) is 0 Å². The molecule has 0 saturated heterocycles. The standard InChI is InChI=1S/C20H19OS.ClHO4/c1-2-4-10-16(11-5-3-1)22-19-14-8-6-12-17(19)21-18-13-7-9-15-20(18)22;2-1(3,4)5/h1-2,6-9,11-15H,3-5,10H2;(H,2,3,4,5)/q+1;/p-1/b2-1-,16-11+;. The van der Waals surface area contributed by atoms with Crippen molar-refractivity contribution in [3.8, 4) is 11.5 Å². The molecule has 7 heteroatoms. The maximum Gasteiger partial charge on any atom is 0.208 e. The summed E-state index contributed by atoms with van der Waals surface area (Å²) in [6, 6.07) is 17.0. The van der Waals surface area contributed by atoms with Gasteiger partial charge in [0.1, 0.15) is 15.8 Å². The van der Waals surface area contributed by atoms with E-state index in [-0.39, 0.29) is 10.9 Å². The van der Waals surface area contributed by atoms with E-state index < -0.39 is 10.2 Å². The Morgan fingerprint density at radius 1 is 0.741 bits per heavy atom. The zero-order chi connectivity index (χ0) is 19.3. The minimum atomic E-state index is -4.94. The molecule has 27 heavy (non-hydrogen) atoms. The second kappa shape index (κ2) is 8.93. The Kier molecular flexibility index (Phi) is 6.59. The fourth-order valence-electron chi connectivity index (χ4n) is 3.01. The van der Waals surface area contributed by atoms with Crippen molar-refractivity contribution in [2.45, 2.75) is 35.5 Å².